The van der Waals surface area contributed by atoms with E-state index in [-0.39, 0.29) is 12.8 Å². The molecule has 4 N–H and O–H groups in total. The van der Waals surface area contributed by atoms with Crippen LogP contribution in [-0.4, -0.2) is 67.6 Å². The van der Waals surface area contributed by atoms with Crippen LogP contribution in [0.2, 0.25) is 0 Å². The number of halogens is 4. The minimum Gasteiger partial charge on any atom is -0.743 e. The van der Waals surface area contributed by atoms with Gasteiger partial charge in [-0.2, -0.15) is 17.2 Å². The van der Waals surface area contributed by atoms with Crippen LogP contribution in [0, 0.1) is 11.8 Å². The third-order valence-electron chi connectivity index (χ3n) is 8.85. The molecule has 278 valence electrons. The molecule has 16 heteroatoms. The van der Waals surface area contributed by atoms with Crippen LogP contribution in [-0.2, 0) is 34.0 Å². The Morgan fingerprint density at radius 3 is 1.94 bits per heavy atom. The molecule has 2 aromatic rings. The summed E-state index contributed by atoms with van der Waals surface area (Å²) in [5.74, 6) is -4.38. The minimum absolute atomic E-state index is 0.104. The molecule has 10 nitrogen and oxygen atoms in total. The molecule has 1 saturated heterocycles. The molecule has 7 atom stereocenters. The maximum atomic E-state index is 13.1. The van der Waals surface area contributed by atoms with Gasteiger partial charge in [-0.15, -0.1) is 0 Å². The monoisotopic (exact) mass is 741 g/mol. The summed E-state index contributed by atoms with van der Waals surface area (Å²) in [5.41, 5.74) is 6.04. The van der Waals surface area contributed by atoms with Crippen molar-refractivity contribution in [2.75, 3.05) is 6.54 Å². The maximum absolute atomic E-state index is 13.1. The van der Waals surface area contributed by atoms with Gasteiger partial charge in [-0.3, -0.25) is 4.18 Å². The predicted octanol–water partition coefficient (Wildman–Crippen LogP) is 5.55. The molecule has 3 fully saturated rings. The highest BCUT2D eigenvalue weighted by molar-refractivity contribution is 7.88. The molecule has 0 aromatic heterocycles. The number of aromatic hydroxyl groups is 1. The smallest absolute Gasteiger partial charge is 0.428 e. The second-order valence-electron chi connectivity index (χ2n) is 12.6. The summed E-state index contributed by atoms with van der Waals surface area (Å²) in [6.45, 7) is 10.0. The van der Waals surface area contributed by atoms with E-state index in [2.05, 4.69) is 68.5 Å². The number of quaternary nitrogens is 1. The number of hydrogen-bond donors (Lipinski definition) is 2. The van der Waals surface area contributed by atoms with Crippen molar-refractivity contribution in [1.82, 2.24) is 0 Å². The van der Waals surface area contributed by atoms with Crippen molar-refractivity contribution >= 4 is 26.2 Å². The second-order valence-corrected chi connectivity index (χ2v) is 15.8. The lowest BCUT2D eigenvalue weighted by Crippen LogP contribution is -2.51. The van der Waals surface area contributed by atoms with Gasteiger partial charge in [0.1, 0.15) is 17.1 Å². The lowest BCUT2D eigenvalue weighted by molar-refractivity contribution is -0.375. The highest BCUT2D eigenvalue weighted by Gasteiger charge is 2.67. The summed E-state index contributed by atoms with van der Waals surface area (Å²) < 4.78 is 113. The molecular weight excluding hydrogens is 694 g/mol. The zero-order valence-corrected chi connectivity index (χ0v) is 29.9. The Bertz CT molecular complexity index is 1550. The summed E-state index contributed by atoms with van der Waals surface area (Å²) in [5, 5.41) is 2.48. The average molecular weight is 742 g/mol. The molecule has 0 amide bonds. The SMILES string of the molecule is CC(F)(F)CC[NH3+].CCC(C)c1ccc(O)cc1.CCC(C)c1ccccc1.O=C(OC1C2CC3OS(=O)(=O)C1C3C2)C(F)(F)S(=O)(=O)[O-]. The fourth-order valence-corrected chi connectivity index (χ4v) is 8.01. The van der Waals surface area contributed by atoms with Crippen molar-refractivity contribution in [3.63, 3.8) is 0 Å². The Morgan fingerprint density at radius 2 is 1.51 bits per heavy atom. The van der Waals surface area contributed by atoms with Crippen LogP contribution in [0.5, 0.6) is 5.75 Å². The molecule has 7 unspecified atom stereocenters. The van der Waals surface area contributed by atoms with Gasteiger partial charge in [-0.1, -0.05) is 70.2 Å². The quantitative estimate of drug-likeness (QED) is 0.145. The number of ether oxygens (including phenoxy) is 1. The van der Waals surface area contributed by atoms with Gasteiger partial charge in [0.25, 0.3) is 16.0 Å². The van der Waals surface area contributed by atoms with Crippen molar-refractivity contribution in [1.29, 1.82) is 0 Å². The van der Waals surface area contributed by atoms with Crippen LogP contribution in [0.15, 0.2) is 54.6 Å². The van der Waals surface area contributed by atoms with E-state index in [9.17, 15) is 43.7 Å². The van der Waals surface area contributed by atoms with Crippen LogP contribution in [0.4, 0.5) is 17.6 Å². The van der Waals surface area contributed by atoms with Crippen molar-refractivity contribution in [3.8, 4) is 5.75 Å². The van der Waals surface area contributed by atoms with Gasteiger partial charge in [-0.05, 0) is 67.7 Å². The Morgan fingerprint density at radius 1 is 1.00 bits per heavy atom. The molecule has 2 saturated carbocycles. The Kier molecular flexibility index (Phi) is 15.1. The van der Waals surface area contributed by atoms with Crippen LogP contribution < -0.4 is 5.73 Å². The standard InChI is InChI=1S/C10H14O.C10H14.C9H10F2O8S2.C4H9F2N/c1-3-8(2)9-4-6-10(11)7-5-9;1-3-9(2)10-7-5-4-6-8-10;10-9(11,21(15,16)17)8(12)18-6-3-1-4-5(2-3)19-20(13,14)7(4)6;1-4(5,6)2-3-7/h4-8,11H,3H2,1-2H3;4-9H,3H2,1-2H3;3-7H,1-2H2,(H,15,16,17);2-3,7H2,1H3. The molecule has 2 aromatic carbocycles. The fraction of sp³-hybridized carbons (Fsp3) is 0.606. The first-order valence-electron chi connectivity index (χ1n) is 16.1. The molecule has 1 aliphatic heterocycles. The number of phenolic OH excluding ortho intramolecular Hbond substituents is 1. The maximum Gasteiger partial charge on any atom is 0.428 e. The lowest BCUT2D eigenvalue weighted by Gasteiger charge is -2.27. The highest BCUT2D eigenvalue weighted by Crippen LogP contribution is 2.55. The number of alkyl halides is 4. The number of rotatable bonds is 9. The molecule has 3 aliphatic rings. The topological polar surface area (TPSA) is 175 Å². The number of carbonyl (C=O) groups is 1. The van der Waals surface area contributed by atoms with E-state index in [1.54, 1.807) is 12.1 Å². The third-order valence-corrected chi connectivity index (χ3v) is 11.4. The first-order chi connectivity index (χ1) is 22.6. The summed E-state index contributed by atoms with van der Waals surface area (Å²) in [7, 11) is -10.3. The molecule has 2 aliphatic carbocycles. The molecule has 0 radical (unpaired) electrons. The number of carbonyl (C=O) groups excluding carboxylic acids is 1. The normalized spacial score (nSPS) is 24.6. The largest absolute Gasteiger partial charge is 0.743 e. The zero-order valence-electron chi connectivity index (χ0n) is 28.2. The fourth-order valence-electron chi connectivity index (χ4n) is 5.75. The van der Waals surface area contributed by atoms with E-state index in [1.165, 1.54) is 17.5 Å². The van der Waals surface area contributed by atoms with Crippen LogP contribution in [0.1, 0.15) is 89.7 Å². The number of phenols is 1. The summed E-state index contributed by atoms with van der Waals surface area (Å²) >= 11 is 0. The molecule has 49 heavy (non-hydrogen) atoms. The Labute approximate surface area is 286 Å². The van der Waals surface area contributed by atoms with Gasteiger partial charge in [0.05, 0.1) is 19.1 Å². The van der Waals surface area contributed by atoms with Crippen LogP contribution in [0.3, 0.4) is 0 Å². The van der Waals surface area contributed by atoms with E-state index in [0.717, 1.165) is 13.3 Å². The number of esters is 1. The molecule has 0 spiro atoms. The van der Waals surface area contributed by atoms with Gasteiger partial charge in [-0.25, -0.2) is 22.0 Å². The first kappa shape index (κ1) is 42.4. The van der Waals surface area contributed by atoms with E-state index in [1.807, 2.05) is 12.1 Å². The predicted molar refractivity (Wildman–Crippen MR) is 173 cm³/mol. The summed E-state index contributed by atoms with van der Waals surface area (Å²) in [6.07, 6.45) is 0.834. The molecule has 1 heterocycles. The van der Waals surface area contributed by atoms with Crippen LogP contribution in [0.25, 0.3) is 0 Å². The minimum atomic E-state index is -6.24. The third kappa shape index (κ3) is 11.6. The van der Waals surface area contributed by atoms with Gasteiger partial charge < -0.3 is 20.1 Å². The Balaban J connectivity index is 0.000000252. The van der Waals surface area contributed by atoms with E-state index in [4.69, 9.17) is 9.29 Å². The first-order valence-corrected chi connectivity index (χ1v) is 18.9. The molecule has 5 rings (SSSR count). The molecule has 2 bridgehead atoms. The van der Waals surface area contributed by atoms with Gasteiger partial charge in [0.15, 0.2) is 10.1 Å². The summed E-state index contributed by atoms with van der Waals surface area (Å²) in [4.78, 5) is 11.2. The van der Waals surface area contributed by atoms with Crippen molar-refractivity contribution in [2.45, 2.75) is 107 Å². The van der Waals surface area contributed by atoms with Crippen LogP contribution >= 0.6 is 0 Å². The lowest BCUT2D eigenvalue weighted by atomic mass is 9.95. The Hall–Kier alpha value is -2.79. The number of benzene rings is 2. The second kappa shape index (κ2) is 17.4. The van der Waals surface area contributed by atoms with E-state index < -0.39 is 66.7 Å². The highest BCUT2D eigenvalue weighted by atomic mass is 32.2. The summed E-state index contributed by atoms with van der Waals surface area (Å²) in [6, 6.07) is 18.1. The van der Waals surface area contributed by atoms with Gasteiger partial charge >= 0.3 is 11.2 Å². The van der Waals surface area contributed by atoms with Crippen molar-refractivity contribution in [3.05, 3.63) is 65.7 Å². The van der Waals surface area contributed by atoms with Crippen molar-refractivity contribution in [2.24, 2.45) is 11.8 Å². The average Bonchev–Trinajstić information content (AvgIpc) is 3.64. The van der Waals surface area contributed by atoms with E-state index in [0.29, 0.717) is 30.6 Å². The van der Waals surface area contributed by atoms with Crippen molar-refractivity contribution < 1.29 is 63.5 Å². The van der Waals surface area contributed by atoms with Gasteiger partial charge in [0.2, 0.25) is 0 Å². The number of fused-ring (bicyclic) bond motifs is 1. The number of hydrogen-bond acceptors (Lipinski definition) is 9. The van der Waals surface area contributed by atoms with E-state index >= 15 is 0 Å². The van der Waals surface area contributed by atoms with Gasteiger partial charge in [0, 0.05) is 11.8 Å². The zero-order chi connectivity index (χ0) is 37.4. The molecular formula is C33H47F4NO9S2.